The molecule has 1 amide bonds. The maximum atomic E-state index is 12.8. The summed E-state index contributed by atoms with van der Waals surface area (Å²) in [6, 6.07) is 11.7. The monoisotopic (exact) mass is 326 g/mol. The van der Waals surface area contributed by atoms with Crippen LogP contribution in [0.4, 0.5) is 5.82 Å². The Morgan fingerprint density at radius 2 is 2.04 bits per heavy atom. The van der Waals surface area contributed by atoms with Gasteiger partial charge in [0.15, 0.2) is 0 Å². The maximum Gasteiger partial charge on any atom is 0.254 e. The summed E-state index contributed by atoms with van der Waals surface area (Å²) in [7, 11) is 1.64. The van der Waals surface area contributed by atoms with Gasteiger partial charge in [0, 0.05) is 38.0 Å². The average Bonchev–Trinajstić information content (AvgIpc) is 2.63. The molecule has 2 heterocycles. The van der Waals surface area contributed by atoms with Gasteiger partial charge in [-0.25, -0.2) is 0 Å². The lowest BCUT2D eigenvalue weighted by molar-refractivity contribution is 0.0713. The second kappa shape index (κ2) is 7.88. The highest BCUT2D eigenvalue weighted by Crippen LogP contribution is 2.19. The Kier molecular flexibility index (Phi) is 5.38. The van der Waals surface area contributed by atoms with E-state index in [0.717, 1.165) is 42.9 Å². The van der Waals surface area contributed by atoms with Crippen LogP contribution in [-0.4, -0.2) is 47.2 Å². The van der Waals surface area contributed by atoms with E-state index in [1.807, 2.05) is 41.3 Å². The summed E-state index contributed by atoms with van der Waals surface area (Å²) in [6.45, 7) is 1.92. The van der Waals surface area contributed by atoms with Crippen LogP contribution in [-0.2, 0) is 11.3 Å². The molecule has 1 aromatic carbocycles. The molecule has 0 atom stereocenters. The van der Waals surface area contributed by atoms with E-state index >= 15 is 0 Å². The number of carbonyl (C=O) groups excluding carboxylic acids is 1. The van der Waals surface area contributed by atoms with Crippen molar-refractivity contribution in [2.75, 3.05) is 25.5 Å². The third-order valence-corrected chi connectivity index (χ3v) is 4.25. The van der Waals surface area contributed by atoms with Gasteiger partial charge in [0.25, 0.3) is 5.91 Å². The number of likely N-dealkylation sites (tertiary alicyclic amines) is 1. The van der Waals surface area contributed by atoms with Crippen LogP contribution in [0.25, 0.3) is 0 Å². The SMILES string of the molecule is COCc1ccccc1C(=O)N1CCC(Nc2cccnn2)CC1. The van der Waals surface area contributed by atoms with Gasteiger partial charge in [0.1, 0.15) is 5.82 Å². The number of amides is 1. The first kappa shape index (κ1) is 16.4. The van der Waals surface area contributed by atoms with Crippen LogP contribution in [0.3, 0.4) is 0 Å². The molecule has 0 spiro atoms. The van der Waals surface area contributed by atoms with Crippen molar-refractivity contribution in [2.24, 2.45) is 0 Å². The molecular weight excluding hydrogens is 304 g/mol. The number of aromatic nitrogens is 2. The fraction of sp³-hybridized carbons (Fsp3) is 0.389. The largest absolute Gasteiger partial charge is 0.380 e. The van der Waals surface area contributed by atoms with Crippen molar-refractivity contribution in [1.29, 1.82) is 0 Å². The number of benzene rings is 1. The van der Waals surface area contributed by atoms with Crippen LogP contribution >= 0.6 is 0 Å². The predicted molar refractivity (Wildman–Crippen MR) is 91.7 cm³/mol. The fourth-order valence-electron chi connectivity index (χ4n) is 3.00. The molecule has 0 radical (unpaired) electrons. The van der Waals surface area contributed by atoms with Crippen LogP contribution in [0, 0.1) is 0 Å². The molecule has 1 N–H and O–H groups in total. The highest BCUT2D eigenvalue weighted by molar-refractivity contribution is 5.95. The van der Waals surface area contributed by atoms with Gasteiger partial charge < -0.3 is 15.0 Å². The fourth-order valence-corrected chi connectivity index (χ4v) is 3.00. The molecule has 6 heteroatoms. The van der Waals surface area contributed by atoms with Crippen molar-refractivity contribution < 1.29 is 9.53 Å². The maximum absolute atomic E-state index is 12.8. The van der Waals surface area contributed by atoms with Crippen molar-refractivity contribution in [3.63, 3.8) is 0 Å². The molecule has 1 aliphatic heterocycles. The van der Waals surface area contributed by atoms with Gasteiger partial charge in [-0.2, -0.15) is 5.10 Å². The number of methoxy groups -OCH3 is 1. The summed E-state index contributed by atoms with van der Waals surface area (Å²) < 4.78 is 5.20. The number of hydrogen-bond donors (Lipinski definition) is 1. The Morgan fingerprint density at radius 3 is 2.75 bits per heavy atom. The molecule has 1 saturated heterocycles. The molecule has 0 aliphatic carbocycles. The predicted octanol–water partition coefficient (Wildman–Crippen LogP) is 2.34. The van der Waals surface area contributed by atoms with E-state index in [2.05, 4.69) is 15.5 Å². The second-order valence-electron chi connectivity index (χ2n) is 5.91. The zero-order chi connectivity index (χ0) is 16.8. The average molecular weight is 326 g/mol. The van der Waals surface area contributed by atoms with E-state index in [1.54, 1.807) is 13.3 Å². The molecular formula is C18H22N4O2. The standard InChI is InChI=1S/C18H22N4O2/c1-24-13-14-5-2-3-6-16(14)18(23)22-11-8-15(9-12-22)20-17-7-4-10-19-21-17/h2-7,10,15H,8-9,11-13H2,1H3,(H,20,21). The zero-order valence-corrected chi connectivity index (χ0v) is 13.8. The number of hydrogen-bond acceptors (Lipinski definition) is 5. The van der Waals surface area contributed by atoms with Crippen molar-refractivity contribution in [2.45, 2.75) is 25.5 Å². The molecule has 6 nitrogen and oxygen atoms in total. The third kappa shape index (κ3) is 3.89. The number of nitrogens with zero attached hydrogens (tertiary/aromatic N) is 3. The van der Waals surface area contributed by atoms with Crippen molar-refractivity contribution in [3.05, 3.63) is 53.7 Å². The molecule has 1 aromatic heterocycles. The molecule has 126 valence electrons. The minimum Gasteiger partial charge on any atom is -0.380 e. The minimum atomic E-state index is 0.0839. The molecule has 3 rings (SSSR count). The Labute approximate surface area is 141 Å². The summed E-state index contributed by atoms with van der Waals surface area (Å²) in [5.74, 6) is 0.869. The van der Waals surface area contributed by atoms with Crippen LogP contribution in [0.2, 0.25) is 0 Å². The van der Waals surface area contributed by atoms with Gasteiger partial charge in [-0.3, -0.25) is 4.79 Å². The van der Waals surface area contributed by atoms with Crippen molar-refractivity contribution >= 4 is 11.7 Å². The lowest BCUT2D eigenvalue weighted by Crippen LogP contribution is -2.42. The normalized spacial score (nSPS) is 15.3. The lowest BCUT2D eigenvalue weighted by atomic mass is 10.0. The van der Waals surface area contributed by atoms with E-state index in [0.29, 0.717) is 12.6 Å². The van der Waals surface area contributed by atoms with Crippen LogP contribution in [0.15, 0.2) is 42.6 Å². The van der Waals surface area contributed by atoms with Gasteiger partial charge in [-0.05, 0) is 36.6 Å². The van der Waals surface area contributed by atoms with Gasteiger partial charge in [0.2, 0.25) is 0 Å². The third-order valence-electron chi connectivity index (χ3n) is 4.25. The van der Waals surface area contributed by atoms with E-state index in [4.69, 9.17) is 4.74 Å². The summed E-state index contributed by atoms with van der Waals surface area (Å²) in [4.78, 5) is 14.7. The quantitative estimate of drug-likeness (QED) is 0.913. The number of anilines is 1. The minimum absolute atomic E-state index is 0.0839. The van der Waals surface area contributed by atoms with Gasteiger partial charge in [-0.15, -0.1) is 5.10 Å². The molecule has 2 aromatic rings. The number of rotatable bonds is 5. The van der Waals surface area contributed by atoms with E-state index in [9.17, 15) is 4.79 Å². The molecule has 0 bridgehead atoms. The number of nitrogens with one attached hydrogen (secondary N) is 1. The van der Waals surface area contributed by atoms with Crippen LogP contribution < -0.4 is 5.32 Å². The second-order valence-corrected chi connectivity index (χ2v) is 5.91. The molecule has 1 aliphatic rings. The number of carbonyl (C=O) groups is 1. The molecule has 24 heavy (non-hydrogen) atoms. The highest BCUT2D eigenvalue weighted by Gasteiger charge is 2.25. The number of ether oxygens (including phenoxy) is 1. The summed E-state index contributed by atoms with van der Waals surface area (Å²) in [5.41, 5.74) is 1.67. The van der Waals surface area contributed by atoms with Crippen molar-refractivity contribution in [3.8, 4) is 0 Å². The lowest BCUT2D eigenvalue weighted by Gasteiger charge is -2.33. The Bertz CT molecular complexity index is 670. The Hall–Kier alpha value is -2.47. The van der Waals surface area contributed by atoms with Gasteiger partial charge in [-0.1, -0.05) is 18.2 Å². The van der Waals surface area contributed by atoms with E-state index < -0.39 is 0 Å². The smallest absolute Gasteiger partial charge is 0.254 e. The Morgan fingerprint density at radius 1 is 1.25 bits per heavy atom. The van der Waals surface area contributed by atoms with Crippen LogP contribution in [0.1, 0.15) is 28.8 Å². The molecule has 0 saturated carbocycles. The summed E-state index contributed by atoms with van der Waals surface area (Å²) in [5, 5.41) is 11.3. The van der Waals surface area contributed by atoms with Gasteiger partial charge >= 0.3 is 0 Å². The topological polar surface area (TPSA) is 67.3 Å². The van der Waals surface area contributed by atoms with Crippen molar-refractivity contribution in [1.82, 2.24) is 15.1 Å². The number of piperidine rings is 1. The first-order valence-corrected chi connectivity index (χ1v) is 8.18. The van der Waals surface area contributed by atoms with E-state index in [-0.39, 0.29) is 5.91 Å². The van der Waals surface area contributed by atoms with Crippen LogP contribution in [0.5, 0.6) is 0 Å². The zero-order valence-electron chi connectivity index (χ0n) is 13.8. The highest BCUT2D eigenvalue weighted by atomic mass is 16.5. The summed E-state index contributed by atoms with van der Waals surface area (Å²) in [6.07, 6.45) is 3.45. The molecule has 1 fully saturated rings. The van der Waals surface area contributed by atoms with E-state index in [1.165, 1.54) is 0 Å². The first-order chi connectivity index (χ1) is 11.8. The first-order valence-electron chi connectivity index (χ1n) is 8.18. The van der Waals surface area contributed by atoms with Gasteiger partial charge in [0.05, 0.1) is 6.61 Å². The Balaban J connectivity index is 1.59. The summed E-state index contributed by atoms with van der Waals surface area (Å²) >= 11 is 0. The molecule has 0 unspecified atom stereocenters.